The van der Waals surface area contributed by atoms with Crippen LogP contribution < -0.4 is 0 Å². The van der Waals surface area contributed by atoms with Gasteiger partial charge in [0.25, 0.3) is 0 Å². The zero-order valence-electron chi connectivity index (χ0n) is 13.6. The van der Waals surface area contributed by atoms with E-state index in [9.17, 15) is 9.59 Å². The van der Waals surface area contributed by atoms with Gasteiger partial charge in [-0.3, -0.25) is 9.59 Å². The van der Waals surface area contributed by atoms with E-state index in [2.05, 4.69) is 17.7 Å². The molecular weight excluding hydrogens is 264 g/mol. The van der Waals surface area contributed by atoms with Crippen LogP contribution in [0.25, 0.3) is 0 Å². The van der Waals surface area contributed by atoms with Crippen molar-refractivity contribution < 1.29 is 14.3 Å². The van der Waals surface area contributed by atoms with Crippen molar-refractivity contribution in [3.8, 4) is 0 Å². The highest BCUT2D eigenvalue weighted by molar-refractivity contribution is 5.89. The van der Waals surface area contributed by atoms with Crippen molar-refractivity contribution in [2.45, 2.75) is 71.1 Å². The molecule has 0 rings (SSSR count). The molecule has 0 aliphatic rings. The van der Waals surface area contributed by atoms with Crippen LogP contribution in [-0.4, -0.2) is 18.9 Å². The van der Waals surface area contributed by atoms with Crippen LogP contribution in [-0.2, 0) is 14.3 Å². The van der Waals surface area contributed by atoms with Crippen LogP contribution in [0.3, 0.4) is 0 Å². The third-order valence-corrected chi connectivity index (χ3v) is 3.29. The number of ether oxygens (including phenoxy) is 1. The van der Waals surface area contributed by atoms with E-state index < -0.39 is 0 Å². The molecule has 0 bridgehead atoms. The minimum atomic E-state index is -0.113. The Hall–Kier alpha value is -1.38. The van der Waals surface area contributed by atoms with E-state index in [-0.39, 0.29) is 11.8 Å². The molecule has 0 saturated heterocycles. The van der Waals surface area contributed by atoms with E-state index in [1.165, 1.54) is 13.5 Å². The number of methoxy groups -OCH3 is 1. The smallest absolute Gasteiger partial charge is 0.305 e. The Bertz CT molecular complexity index is 329. The van der Waals surface area contributed by atoms with Gasteiger partial charge in [-0.2, -0.15) is 0 Å². The molecule has 0 aromatic heterocycles. The van der Waals surface area contributed by atoms with Crippen LogP contribution in [0.4, 0.5) is 0 Å². The second-order valence-corrected chi connectivity index (χ2v) is 5.24. The number of allylic oxidation sites excluding steroid dienone is 4. The minimum absolute atomic E-state index is 0.113. The lowest BCUT2D eigenvalue weighted by atomic mass is 10.1. The van der Waals surface area contributed by atoms with Gasteiger partial charge in [0.05, 0.1) is 7.11 Å². The van der Waals surface area contributed by atoms with Gasteiger partial charge >= 0.3 is 5.97 Å². The Kier molecular flexibility index (Phi) is 14.0. The molecule has 21 heavy (non-hydrogen) atoms. The molecule has 0 aliphatic heterocycles. The van der Waals surface area contributed by atoms with Crippen molar-refractivity contribution in [3.63, 3.8) is 0 Å². The van der Waals surface area contributed by atoms with Crippen molar-refractivity contribution in [2.75, 3.05) is 7.11 Å². The molecule has 3 heteroatoms. The van der Waals surface area contributed by atoms with Gasteiger partial charge in [0.1, 0.15) is 0 Å². The van der Waals surface area contributed by atoms with Crippen LogP contribution >= 0.6 is 0 Å². The lowest BCUT2D eigenvalue weighted by molar-refractivity contribution is -0.140. The Morgan fingerprint density at radius 2 is 1.62 bits per heavy atom. The minimum Gasteiger partial charge on any atom is -0.469 e. The van der Waals surface area contributed by atoms with Crippen molar-refractivity contribution in [1.82, 2.24) is 0 Å². The van der Waals surface area contributed by atoms with Gasteiger partial charge in [0.15, 0.2) is 5.78 Å². The number of rotatable bonds is 13. The molecule has 0 heterocycles. The zero-order valence-corrected chi connectivity index (χ0v) is 13.6. The number of esters is 1. The van der Waals surface area contributed by atoms with Gasteiger partial charge in [-0.05, 0) is 31.8 Å². The largest absolute Gasteiger partial charge is 0.469 e. The summed E-state index contributed by atoms with van der Waals surface area (Å²) in [4.78, 5) is 22.2. The monoisotopic (exact) mass is 294 g/mol. The lowest BCUT2D eigenvalue weighted by Crippen LogP contribution is -1.98. The third-order valence-electron chi connectivity index (χ3n) is 3.29. The summed E-state index contributed by atoms with van der Waals surface area (Å²) >= 11 is 0. The third kappa shape index (κ3) is 14.8. The molecule has 120 valence electrons. The summed E-state index contributed by atoms with van der Waals surface area (Å²) in [5, 5.41) is 0. The molecule has 0 aromatic rings. The maximum atomic E-state index is 11.4. The Morgan fingerprint density at radius 1 is 0.905 bits per heavy atom. The molecule has 0 aliphatic carbocycles. The molecule has 0 amide bonds. The van der Waals surface area contributed by atoms with Crippen molar-refractivity contribution in [3.05, 3.63) is 24.3 Å². The van der Waals surface area contributed by atoms with Crippen LogP contribution in [0.2, 0.25) is 0 Å². The molecule has 0 N–H and O–H groups in total. The normalized spacial score (nSPS) is 11.3. The molecule has 0 spiro atoms. The average Bonchev–Trinajstić information content (AvgIpc) is 2.50. The van der Waals surface area contributed by atoms with Crippen LogP contribution in [0.1, 0.15) is 71.1 Å². The van der Waals surface area contributed by atoms with Crippen molar-refractivity contribution >= 4 is 11.8 Å². The highest BCUT2D eigenvalue weighted by atomic mass is 16.5. The highest BCUT2D eigenvalue weighted by Crippen LogP contribution is 2.08. The van der Waals surface area contributed by atoms with Gasteiger partial charge in [-0.25, -0.2) is 0 Å². The fourth-order valence-electron chi connectivity index (χ4n) is 1.94. The first-order chi connectivity index (χ1) is 10.2. The summed E-state index contributed by atoms with van der Waals surface area (Å²) in [6, 6.07) is 0. The molecule has 0 unspecified atom stereocenters. The standard InChI is InChI=1S/C18H30O3/c1-3-4-14-17(19)15-12-10-8-6-5-7-9-11-13-16-18(20)21-2/h8,10,12,15H,3-7,9,11,13-14,16H2,1-2H3. The number of hydrogen-bond acceptors (Lipinski definition) is 3. The SMILES string of the molecule is CCCCC(=O)C=CC=CCCCCCCCC(=O)OC. The summed E-state index contributed by atoms with van der Waals surface area (Å²) in [6.07, 6.45) is 17.4. The van der Waals surface area contributed by atoms with Crippen molar-refractivity contribution in [1.29, 1.82) is 0 Å². The topological polar surface area (TPSA) is 43.4 Å². The Morgan fingerprint density at radius 3 is 2.33 bits per heavy atom. The highest BCUT2D eigenvalue weighted by Gasteiger charge is 1.98. The second-order valence-electron chi connectivity index (χ2n) is 5.24. The molecule has 0 atom stereocenters. The van der Waals surface area contributed by atoms with E-state index in [0.717, 1.165) is 44.9 Å². The van der Waals surface area contributed by atoms with Gasteiger partial charge in [0.2, 0.25) is 0 Å². The summed E-state index contributed by atoms with van der Waals surface area (Å²) in [5.74, 6) is 0.102. The number of carbonyl (C=O) groups is 2. The maximum Gasteiger partial charge on any atom is 0.305 e. The number of hydrogen-bond donors (Lipinski definition) is 0. The predicted molar refractivity (Wildman–Crippen MR) is 87.1 cm³/mol. The fourth-order valence-corrected chi connectivity index (χ4v) is 1.94. The Balaban J connectivity index is 3.38. The summed E-state index contributed by atoms with van der Waals surface area (Å²) in [7, 11) is 1.43. The van der Waals surface area contributed by atoms with E-state index in [0.29, 0.717) is 12.8 Å². The average molecular weight is 294 g/mol. The first-order valence-electron chi connectivity index (χ1n) is 8.13. The van der Waals surface area contributed by atoms with E-state index in [1.807, 2.05) is 12.2 Å². The zero-order chi connectivity index (χ0) is 15.8. The van der Waals surface area contributed by atoms with E-state index in [4.69, 9.17) is 0 Å². The van der Waals surface area contributed by atoms with Crippen LogP contribution in [0.5, 0.6) is 0 Å². The van der Waals surface area contributed by atoms with Gasteiger partial charge < -0.3 is 4.74 Å². The first-order valence-corrected chi connectivity index (χ1v) is 8.13. The summed E-state index contributed by atoms with van der Waals surface area (Å²) < 4.78 is 4.59. The second kappa shape index (κ2) is 15.0. The maximum absolute atomic E-state index is 11.4. The number of carbonyl (C=O) groups excluding carboxylic acids is 2. The molecule has 0 aromatic carbocycles. The quantitative estimate of drug-likeness (QED) is 0.213. The van der Waals surface area contributed by atoms with Gasteiger partial charge in [0, 0.05) is 12.8 Å². The molecule has 3 nitrogen and oxygen atoms in total. The van der Waals surface area contributed by atoms with Crippen LogP contribution in [0.15, 0.2) is 24.3 Å². The molecular formula is C18H30O3. The fraction of sp³-hybridized carbons (Fsp3) is 0.667. The van der Waals surface area contributed by atoms with Crippen molar-refractivity contribution in [2.24, 2.45) is 0 Å². The molecule has 0 saturated carbocycles. The Labute approximate surface area is 129 Å². The molecule has 0 fully saturated rings. The first kappa shape index (κ1) is 19.6. The predicted octanol–water partition coefficient (Wildman–Crippen LogP) is 4.76. The molecule has 0 radical (unpaired) electrons. The van der Waals surface area contributed by atoms with Gasteiger partial charge in [-0.15, -0.1) is 0 Å². The van der Waals surface area contributed by atoms with E-state index in [1.54, 1.807) is 6.08 Å². The summed E-state index contributed by atoms with van der Waals surface area (Å²) in [5.41, 5.74) is 0. The number of unbranched alkanes of at least 4 members (excludes halogenated alkanes) is 6. The van der Waals surface area contributed by atoms with E-state index >= 15 is 0 Å². The summed E-state index contributed by atoms with van der Waals surface area (Å²) in [6.45, 7) is 2.09. The van der Waals surface area contributed by atoms with Gasteiger partial charge in [-0.1, -0.05) is 50.8 Å². The number of ketones is 1. The van der Waals surface area contributed by atoms with Crippen LogP contribution in [0, 0.1) is 0 Å². The lowest BCUT2D eigenvalue weighted by Gasteiger charge is -1.99.